The molecule has 0 amide bonds. The minimum absolute atomic E-state index is 0.329. The first-order valence-electron chi connectivity index (χ1n) is 6.13. The Morgan fingerprint density at radius 2 is 2.24 bits per heavy atom. The molecule has 0 aromatic heterocycles. The van der Waals surface area contributed by atoms with Crippen molar-refractivity contribution in [2.45, 2.75) is 37.7 Å². The van der Waals surface area contributed by atoms with Crippen molar-refractivity contribution >= 4 is 21.6 Å². The van der Waals surface area contributed by atoms with Gasteiger partial charge in [-0.15, -0.1) is 0 Å². The number of halogens is 1. The van der Waals surface area contributed by atoms with Crippen LogP contribution in [0.5, 0.6) is 0 Å². The van der Waals surface area contributed by atoms with Gasteiger partial charge in [-0.3, -0.25) is 0 Å². The smallest absolute Gasteiger partial charge is 0.0750 e. The summed E-state index contributed by atoms with van der Waals surface area (Å²) in [6.45, 7) is 5.23. The van der Waals surface area contributed by atoms with E-state index in [9.17, 15) is 0 Å². The van der Waals surface area contributed by atoms with Crippen LogP contribution in [0.15, 0.2) is 18.2 Å². The fourth-order valence-electron chi connectivity index (χ4n) is 2.60. The van der Waals surface area contributed by atoms with Gasteiger partial charge in [-0.25, -0.2) is 0 Å². The number of hydrogen-bond acceptors (Lipinski definition) is 2. The Morgan fingerprint density at radius 3 is 2.76 bits per heavy atom. The van der Waals surface area contributed by atoms with Crippen LogP contribution in [0.4, 0.5) is 5.69 Å². The first-order valence-corrected chi connectivity index (χ1v) is 7.25. The molecule has 1 aliphatic heterocycles. The van der Waals surface area contributed by atoms with Crippen LogP contribution < -0.4 is 4.90 Å². The summed E-state index contributed by atoms with van der Waals surface area (Å²) in [6.07, 6.45) is 1.45. The monoisotopic (exact) mass is 297 g/mol. The predicted octanol–water partition coefficient (Wildman–Crippen LogP) is 3.50. The van der Waals surface area contributed by atoms with Crippen LogP contribution >= 0.6 is 15.9 Å². The second-order valence-corrected chi connectivity index (χ2v) is 5.36. The van der Waals surface area contributed by atoms with E-state index in [1.807, 2.05) is 0 Å². The van der Waals surface area contributed by atoms with Crippen molar-refractivity contribution in [1.29, 1.82) is 0 Å². The number of ether oxygens (including phenoxy) is 1. The van der Waals surface area contributed by atoms with Crippen LogP contribution in [-0.2, 0) is 10.1 Å². The van der Waals surface area contributed by atoms with Crippen LogP contribution in [0.25, 0.3) is 0 Å². The van der Waals surface area contributed by atoms with E-state index in [0.29, 0.717) is 12.1 Å². The lowest BCUT2D eigenvalue weighted by atomic mass is 10.1. The topological polar surface area (TPSA) is 12.5 Å². The van der Waals surface area contributed by atoms with E-state index in [2.05, 4.69) is 59.9 Å². The maximum Gasteiger partial charge on any atom is 0.0750 e. The van der Waals surface area contributed by atoms with E-state index >= 15 is 0 Å². The van der Waals surface area contributed by atoms with Gasteiger partial charge in [-0.05, 0) is 37.5 Å². The molecule has 17 heavy (non-hydrogen) atoms. The third kappa shape index (κ3) is 2.66. The summed E-state index contributed by atoms with van der Waals surface area (Å²) in [5, 5.41) is 0.917. The van der Waals surface area contributed by atoms with Crippen LogP contribution in [0.2, 0.25) is 0 Å². The molecule has 1 aliphatic rings. The lowest BCUT2D eigenvalue weighted by molar-refractivity contribution is 0.118. The standard InChI is InChI=1S/C14H20BrNO/c1-10-8-12(9-15)4-5-13(10)16(3)14-6-7-17-11(14)2/h4-5,8,11,14H,6-7,9H2,1-3H3. The van der Waals surface area contributed by atoms with Gasteiger partial charge in [0.1, 0.15) is 0 Å². The maximum atomic E-state index is 5.64. The Hall–Kier alpha value is -0.540. The number of anilines is 1. The summed E-state index contributed by atoms with van der Waals surface area (Å²) < 4.78 is 5.64. The van der Waals surface area contributed by atoms with Gasteiger partial charge < -0.3 is 9.64 Å². The molecule has 3 heteroatoms. The Morgan fingerprint density at radius 1 is 1.47 bits per heavy atom. The Kier molecular flexibility index (Phi) is 4.10. The van der Waals surface area contributed by atoms with Crippen LogP contribution in [0.1, 0.15) is 24.5 Å². The van der Waals surface area contributed by atoms with Crippen LogP contribution in [-0.4, -0.2) is 25.8 Å². The second kappa shape index (κ2) is 5.40. The summed E-state index contributed by atoms with van der Waals surface area (Å²) in [6, 6.07) is 7.16. The number of rotatable bonds is 3. The predicted molar refractivity (Wildman–Crippen MR) is 76.0 cm³/mol. The molecule has 1 fully saturated rings. The number of aryl methyl sites for hydroxylation is 1. The van der Waals surface area contributed by atoms with Crippen molar-refractivity contribution in [3.63, 3.8) is 0 Å². The number of hydrogen-bond donors (Lipinski definition) is 0. The molecule has 2 unspecified atom stereocenters. The third-order valence-electron chi connectivity index (χ3n) is 3.63. The molecule has 0 saturated carbocycles. The van der Waals surface area contributed by atoms with E-state index in [0.717, 1.165) is 18.4 Å². The molecule has 1 aromatic carbocycles. The molecule has 2 rings (SSSR count). The van der Waals surface area contributed by atoms with Crippen molar-refractivity contribution in [3.05, 3.63) is 29.3 Å². The molecule has 0 bridgehead atoms. The molecule has 1 saturated heterocycles. The maximum absolute atomic E-state index is 5.64. The molecule has 94 valence electrons. The average molecular weight is 298 g/mol. The molecule has 0 spiro atoms. The van der Waals surface area contributed by atoms with Crippen molar-refractivity contribution < 1.29 is 4.74 Å². The fourth-order valence-corrected chi connectivity index (χ4v) is 2.95. The highest BCUT2D eigenvalue weighted by molar-refractivity contribution is 9.08. The molecule has 0 N–H and O–H groups in total. The molecule has 1 heterocycles. The SMILES string of the molecule is Cc1cc(CBr)ccc1N(C)C1CCOC1C. The zero-order valence-electron chi connectivity index (χ0n) is 10.7. The van der Waals surface area contributed by atoms with E-state index in [-0.39, 0.29) is 0 Å². The minimum atomic E-state index is 0.329. The summed E-state index contributed by atoms with van der Waals surface area (Å²) in [5.74, 6) is 0. The molecular formula is C14H20BrNO. The summed E-state index contributed by atoms with van der Waals surface area (Å²) in [4.78, 5) is 2.37. The number of benzene rings is 1. The van der Waals surface area contributed by atoms with Crippen LogP contribution in [0.3, 0.4) is 0 Å². The van der Waals surface area contributed by atoms with E-state index in [1.54, 1.807) is 0 Å². The first kappa shape index (κ1) is 12.9. The molecular weight excluding hydrogens is 278 g/mol. The van der Waals surface area contributed by atoms with Crippen molar-refractivity contribution in [2.24, 2.45) is 0 Å². The van der Waals surface area contributed by atoms with Gasteiger partial charge in [0, 0.05) is 24.7 Å². The Balaban J connectivity index is 2.21. The number of likely N-dealkylation sites (N-methyl/N-ethyl adjacent to an activating group) is 1. The lowest BCUT2D eigenvalue weighted by Gasteiger charge is -2.30. The lowest BCUT2D eigenvalue weighted by Crippen LogP contribution is -2.37. The quantitative estimate of drug-likeness (QED) is 0.792. The summed E-state index contributed by atoms with van der Waals surface area (Å²) >= 11 is 3.50. The minimum Gasteiger partial charge on any atom is -0.376 e. The zero-order chi connectivity index (χ0) is 12.4. The van der Waals surface area contributed by atoms with Crippen molar-refractivity contribution in [3.8, 4) is 0 Å². The highest BCUT2D eigenvalue weighted by Gasteiger charge is 2.28. The Bertz CT molecular complexity index is 394. The molecule has 0 aliphatic carbocycles. The van der Waals surface area contributed by atoms with Crippen molar-refractivity contribution in [1.82, 2.24) is 0 Å². The van der Waals surface area contributed by atoms with Gasteiger partial charge in [0.15, 0.2) is 0 Å². The molecule has 0 radical (unpaired) electrons. The third-order valence-corrected chi connectivity index (χ3v) is 4.28. The van der Waals surface area contributed by atoms with E-state index in [1.165, 1.54) is 16.8 Å². The summed E-state index contributed by atoms with van der Waals surface area (Å²) in [7, 11) is 2.17. The second-order valence-electron chi connectivity index (χ2n) is 4.80. The normalized spacial score (nSPS) is 24.0. The van der Waals surface area contributed by atoms with Gasteiger partial charge in [0.2, 0.25) is 0 Å². The molecule has 2 nitrogen and oxygen atoms in total. The molecule has 1 aromatic rings. The Labute approximate surface area is 112 Å². The van der Waals surface area contributed by atoms with E-state index in [4.69, 9.17) is 4.74 Å². The highest BCUT2D eigenvalue weighted by atomic mass is 79.9. The van der Waals surface area contributed by atoms with Gasteiger partial charge in [0.25, 0.3) is 0 Å². The van der Waals surface area contributed by atoms with Gasteiger partial charge in [-0.2, -0.15) is 0 Å². The highest BCUT2D eigenvalue weighted by Crippen LogP contribution is 2.27. The average Bonchev–Trinajstić information content (AvgIpc) is 2.74. The van der Waals surface area contributed by atoms with Crippen LogP contribution in [0, 0.1) is 6.92 Å². The first-order chi connectivity index (χ1) is 8.13. The fraction of sp³-hybridized carbons (Fsp3) is 0.571. The van der Waals surface area contributed by atoms with E-state index < -0.39 is 0 Å². The number of nitrogens with zero attached hydrogens (tertiary/aromatic N) is 1. The zero-order valence-corrected chi connectivity index (χ0v) is 12.3. The van der Waals surface area contributed by atoms with Crippen molar-refractivity contribution in [2.75, 3.05) is 18.6 Å². The van der Waals surface area contributed by atoms with Gasteiger partial charge >= 0.3 is 0 Å². The number of alkyl halides is 1. The largest absolute Gasteiger partial charge is 0.376 e. The summed E-state index contributed by atoms with van der Waals surface area (Å²) in [5.41, 5.74) is 3.98. The van der Waals surface area contributed by atoms with Gasteiger partial charge in [-0.1, -0.05) is 28.1 Å². The van der Waals surface area contributed by atoms with Gasteiger partial charge in [0.05, 0.1) is 12.1 Å². The molecule has 2 atom stereocenters.